The van der Waals surface area contributed by atoms with E-state index >= 15 is 0 Å². The van der Waals surface area contributed by atoms with Crippen LogP contribution in [0.1, 0.15) is 30.6 Å². The molecule has 0 fully saturated rings. The van der Waals surface area contributed by atoms with Crippen molar-refractivity contribution in [2.75, 3.05) is 6.54 Å². The van der Waals surface area contributed by atoms with E-state index in [0.717, 1.165) is 29.1 Å². The molecule has 0 radical (unpaired) electrons. The second-order valence-corrected chi connectivity index (χ2v) is 5.94. The number of hydrogen-bond acceptors (Lipinski definition) is 3. The number of nitrogens with one attached hydrogen (secondary N) is 2. The van der Waals surface area contributed by atoms with Gasteiger partial charge in [-0.2, -0.15) is 0 Å². The van der Waals surface area contributed by atoms with Gasteiger partial charge in [0.15, 0.2) is 0 Å². The number of aromatic amines is 1. The normalized spacial score (nSPS) is 11.1. The van der Waals surface area contributed by atoms with Crippen LogP contribution in [0.2, 0.25) is 0 Å². The van der Waals surface area contributed by atoms with Crippen molar-refractivity contribution in [3.05, 3.63) is 47.8 Å². The van der Waals surface area contributed by atoms with Crippen LogP contribution < -0.4 is 5.32 Å². The standard InChI is InChI=1S/C18H23N5O/c1-3-17-19-9-11-23(17)10-7-18(24)20-8-6-16-21-14-5-4-13(2)12-15(14)22-16/h4-5,9,11-12H,3,6-8,10H2,1-2H3,(H,20,24)(H,21,22). The smallest absolute Gasteiger partial charge is 0.221 e. The van der Waals surface area contributed by atoms with Crippen molar-refractivity contribution in [2.24, 2.45) is 0 Å². The monoisotopic (exact) mass is 325 g/mol. The fraction of sp³-hybridized carbons (Fsp3) is 0.389. The average Bonchev–Trinajstić information content (AvgIpc) is 3.18. The van der Waals surface area contributed by atoms with E-state index in [2.05, 4.69) is 46.2 Å². The molecule has 0 aliphatic rings. The van der Waals surface area contributed by atoms with Crippen LogP contribution >= 0.6 is 0 Å². The number of H-pyrrole nitrogens is 1. The van der Waals surface area contributed by atoms with Crippen LogP contribution in [0.3, 0.4) is 0 Å². The molecule has 0 aliphatic heterocycles. The molecule has 1 amide bonds. The summed E-state index contributed by atoms with van der Waals surface area (Å²) in [5, 5.41) is 2.95. The van der Waals surface area contributed by atoms with Crippen molar-refractivity contribution >= 4 is 16.9 Å². The van der Waals surface area contributed by atoms with Crippen LogP contribution in [-0.2, 0) is 24.2 Å². The molecule has 0 spiro atoms. The first-order chi connectivity index (χ1) is 11.7. The third kappa shape index (κ3) is 3.82. The summed E-state index contributed by atoms with van der Waals surface area (Å²) >= 11 is 0. The van der Waals surface area contributed by atoms with Crippen LogP contribution in [0.25, 0.3) is 11.0 Å². The van der Waals surface area contributed by atoms with E-state index in [4.69, 9.17) is 0 Å². The van der Waals surface area contributed by atoms with Gasteiger partial charge in [-0.1, -0.05) is 13.0 Å². The Balaban J connectivity index is 1.46. The number of carbonyl (C=O) groups is 1. The highest BCUT2D eigenvalue weighted by molar-refractivity contribution is 5.76. The molecular weight excluding hydrogens is 302 g/mol. The van der Waals surface area contributed by atoms with Gasteiger partial charge in [-0.25, -0.2) is 9.97 Å². The van der Waals surface area contributed by atoms with Crippen molar-refractivity contribution < 1.29 is 4.79 Å². The number of hydrogen-bond donors (Lipinski definition) is 2. The minimum absolute atomic E-state index is 0.0534. The molecule has 0 atom stereocenters. The molecule has 2 aromatic heterocycles. The zero-order valence-corrected chi connectivity index (χ0v) is 14.2. The summed E-state index contributed by atoms with van der Waals surface area (Å²) in [6.07, 6.45) is 5.73. The molecule has 0 unspecified atom stereocenters. The summed E-state index contributed by atoms with van der Waals surface area (Å²) in [4.78, 5) is 24.1. The molecule has 0 bridgehead atoms. The number of rotatable bonds is 7. The van der Waals surface area contributed by atoms with Gasteiger partial charge in [0.05, 0.1) is 11.0 Å². The Hall–Kier alpha value is -2.63. The zero-order chi connectivity index (χ0) is 16.9. The summed E-state index contributed by atoms with van der Waals surface area (Å²) in [6, 6.07) is 6.15. The van der Waals surface area contributed by atoms with Crippen molar-refractivity contribution in [3.8, 4) is 0 Å². The van der Waals surface area contributed by atoms with E-state index in [1.807, 2.05) is 16.8 Å². The lowest BCUT2D eigenvalue weighted by atomic mass is 10.2. The molecule has 2 N–H and O–H groups in total. The Morgan fingerprint density at radius 2 is 2.25 bits per heavy atom. The molecule has 0 saturated carbocycles. The fourth-order valence-electron chi connectivity index (χ4n) is 2.78. The molecular formula is C18H23N5O. The Bertz CT molecular complexity index is 833. The van der Waals surface area contributed by atoms with Gasteiger partial charge >= 0.3 is 0 Å². The quantitative estimate of drug-likeness (QED) is 0.700. The summed E-state index contributed by atoms with van der Waals surface area (Å²) < 4.78 is 2.03. The Kier molecular flexibility index (Phi) is 4.93. The lowest BCUT2D eigenvalue weighted by Crippen LogP contribution is -2.27. The number of benzene rings is 1. The molecule has 6 nitrogen and oxygen atoms in total. The molecule has 1 aromatic carbocycles. The number of amides is 1. The maximum Gasteiger partial charge on any atom is 0.221 e. The third-order valence-electron chi connectivity index (χ3n) is 4.07. The second kappa shape index (κ2) is 7.29. The predicted octanol–water partition coefficient (Wildman–Crippen LogP) is 2.38. The SMILES string of the molecule is CCc1nccn1CCC(=O)NCCc1nc2ccc(C)cc2[nH]1. The van der Waals surface area contributed by atoms with E-state index < -0.39 is 0 Å². The van der Waals surface area contributed by atoms with Crippen LogP contribution in [0, 0.1) is 6.92 Å². The Labute approximate surface area is 141 Å². The second-order valence-electron chi connectivity index (χ2n) is 5.94. The van der Waals surface area contributed by atoms with Crippen molar-refractivity contribution in [1.29, 1.82) is 0 Å². The third-order valence-corrected chi connectivity index (χ3v) is 4.07. The summed E-state index contributed by atoms with van der Waals surface area (Å²) in [6.45, 7) is 5.37. The zero-order valence-electron chi connectivity index (χ0n) is 14.2. The first kappa shape index (κ1) is 16.2. The van der Waals surface area contributed by atoms with Crippen LogP contribution in [0.4, 0.5) is 0 Å². The van der Waals surface area contributed by atoms with Crippen LogP contribution in [0.5, 0.6) is 0 Å². The van der Waals surface area contributed by atoms with Gasteiger partial charge in [-0.05, 0) is 24.6 Å². The summed E-state index contributed by atoms with van der Waals surface area (Å²) in [7, 11) is 0. The maximum atomic E-state index is 12.0. The number of imidazole rings is 2. The molecule has 3 aromatic rings. The molecule has 0 saturated heterocycles. The fourth-order valence-corrected chi connectivity index (χ4v) is 2.78. The Morgan fingerprint density at radius 3 is 3.08 bits per heavy atom. The van der Waals surface area contributed by atoms with E-state index in [1.54, 1.807) is 6.20 Å². The highest BCUT2D eigenvalue weighted by Crippen LogP contribution is 2.13. The minimum atomic E-state index is 0.0534. The number of aryl methyl sites for hydroxylation is 3. The first-order valence-corrected chi connectivity index (χ1v) is 8.37. The topological polar surface area (TPSA) is 75.6 Å². The van der Waals surface area contributed by atoms with Crippen LogP contribution in [0.15, 0.2) is 30.6 Å². The van der Waals surface area contributed by atoms with Crippen molar-refractivity contribution in [2.45, 2.75) is 39.7 Å². The lowest BCUT2D eigenvalue weighted by molar-refractivity contribution is -0.121. The van der Waals surface area contributed by atoms with E-state index in [-0.39, 0.29) is 5.91 Å². The highest BCUT2D eigenvalue weighted by Gasteiger charge is 2.06. The van der Waals surface area contributed by atoms with Gasteiger partial charge < -0.3 is 14.9 Å². The number of aromatic nitrogens is 4. The molecule has 24 heavy (non-hydrogen) atoms. The van der Waals surface area contributed by atoms with E-state index in [0.29, 0.717) is 25.9 Å². The molecule has 6 heteroatoms. The highest BCUT2D eigenvalue weighted by atomic mass is 16.1. The largest absolute Gasteiger partial charge is 0.356 e. The number of carbonyl (C=O) groups excluding carboxylic acids is 1. The molecule has 0 aliphatic carbocycles. The average molecular weight is 325 g/mol. The van der Waals surface area contributed by atoms with Gasteiger partial charge in [0, 0.05) is 44.7 Å². The lowest BCUT2D eigenvalue weighted by Gasteiger charge is -2.07. The number of nitrogens with zero attached hydrogens (tertiary/aromatic N) is 3. The van der Waals surface area contributed by atoms with Crippen molar-refractivity contribution in [1.82, 2.24) is 24.8 Å². The summed E-state index contributed by atoms with van der Waals surface area (Å²) in [5.74, 6) is 1.97. The minimum Gasteiger partial charge on any atom is -0.356 e. The molecule has 126 valence electrons. The van der Waals surface area contributed by atoms with Gasteiger partial charge in [0.25, 0.3) is 0 Å². The van der Waals surface area contributed by atoms with Crippen molar-refractivity contribution in [3.63, 3.8) is 0 Å². The van der Waals surface area contributed by atoms with Gasteiger partial charge in [0.1, 0.15) is 11.6 Å². The van der Waals surface area contributed by atoms with Gasteiger partial charge in [0.2, 0.25) is 5.91 Å². The van der Waals surface area contributed by atoms with Gasteiger partial charge in [-0.3, -0.25) is 4.79 Å². The summed E-state index contributed by atoms with van der Waals surface area (Å²) in [5.41, 5.74) is 3.22. The first-order valence-electron chi connectivity index (χ1n) is 8.37. The Morgan fingerprint density at radius 1 is 1.38 bits per heavy atom. The van der Waals surface area contributed by atoms with Gasteiger partial charge in [-0.15, -0.1) is 0 Å². The maximum absolute atomic E-state index is 12.0. The predicted molar refractivity (Wildman–Crippen MR) is 93.8 cm³/mol. The van der Waals surface area contributed by atoms with E-state index in [1.165, 1.54) is 5.56 Å². The van der Waals surface area contributed by atoms with E-state index in [9.17, 15) is 4.79 Å². The molecule has 2 heterocycles. The van der Waals surface area contributed by atoms with Crippen LogP contribution in [-0.4, -0.2) is 32.0 Å². The number of fused-ring (bicyclic) bond motifs is 1. The molecule has 3 rings (SSSR count).